The van der Waals surface area contributed by atoms with Crippen LogP contribution in [0.3, 0.4) is 0 Å². The Bertz CT molecular complexity index is 1210. The molecule has 1 aliphatic heterocycles. The number of amides is 2. The molecule has 2 aromatic carbocycles. The first-order valence-corrected chi connectivity index (χ1v) is 10.5. The summed E-state index contributed by atoms with van der Waals surface area (Å²) in [5, 5.41) is 8.34. The third kappa shape index (κ3) is 5.07. The van der Waals surface area contributed by atoms with Crippen molar-refractivity contribution >= 4 is 34.4 Å². The van der Waals surface area contributed by atoms with E-state index < -0.39 is 0 Å². The van der Waals surface area contributed by atoms with Gasteiger partial charge in [0.25, 0.3) is 5.91 Å². The van der Waals surface area contributed by atoms with Crippen LogP contribution in [0.5, 0.6) is 0 Å². The van der Waals surface area contributed by atoms with Crippen LogP contribution in [0.15, 0.2) is 48.8 Å². The molecule has 2 heterocycles. The number of nitrogens with one attached hydrogen (secondary N) is 1. The summed E-state index contributed by atoms with van der Waals surface area (Å²) in [7, 11) is 0. The fourth-order valence-electron chi connectivity index (χ4n) is 3.66. The van der Waals surface area contributed by atoms with Crippen molar-refractivity contribution in [2.75, 3.05) is 38.7 Å². The van der Waals surface area contributed by atoms with Crippen molar-refractivity contribution < 1.29 is 14.3 Å². The summed E-state index contributed by atoms with van der Waals surface area (Å²) in [4.78, 5) is 36.6. The fourth-order valence-corrected chi connectivity index (χ4v) is 3.66. The number of rotatable bonds is 7. The van der Waals surface area contributed by atoms with Crippen LogP contribution in [0.25, 0.3) is 10.9 Å². The lowest BCUT2D eigenvalue weighted by atomic mass is 10.1. The number of hydrogen-bond donors (Lipinski definition) is 3. The van der Waals surface area contributed by atoms with Crippen molar-refractivity contribution in [1.29, 1.82) is 5.41 Å². The molecule has 0 saturated carbocycles. The molecule has 0 spiro atoms. The van der Waals surface area contributed by atoms with Gasteiger partial charge in [0.2, 0.25) is 5.91 Å². The van der Waals surface area contributed by atoms with E-state index in [1.54, 1.807) is 29.2 Å². The number of nitrogen functional groups attached to an aromatic ring is 2. The van der Waals surface area contributed by atoms with Gasteiger partial charge >= 0.3 is 0 Å². The van der Waals surface area contributed by atoms with Gasteiger partial charge in [0.1, 0.15) is 31.3 Å². The molecule has 1 fully saturated rings. The Morgan fingerprint density at radius 2 is 1.94 bits per heavy atom. The zero-order valence-electron chi connectivity index (χ0n) is 18.0. The van der Waals surface area contributed by atoms with Crippen LogP contribution in [0, 0.1) is 5.41 Å². The molecule has 5 N–H and O–H groups in total. The second kappa shape index (κ2) is 9.61. The molecule has 2 amide bonds. The molecule has 0 aliphatic carbocycles. The fraction of sp³-hybridized carbons (Fsp3) is 0.261. The highest BCUT2D eigenvalue weighted by Gasteiger charge is 2.27. The van der Waals surface area contributed by atoms with Crippen molar-refractivity contribution in [3.63, 3.8) is 0 Å². The van der Waals surface area contributed by atoms with E-state index in [0.29, 0.717) is 43.1 Å². The van der Waals surface area contributed by atoms with Crippen molar-refractivity contribution in [2.24, 2.45) is 5.73 Å². The topological polar surface area (TPSA) is 152 Å². The molecule has 0 bridgehead atoms. The molecule has 170 valence electrons. The Balaban J connectivity index is 1.26. The van der Waals surface area contributed by atoms with E-state index >= 15 is 0 Å². The molecule has 1 aromatic heterocycles. The summed E-state index contributed by atoms with van der Waals surface area (Å²) < 4.78 is 5.71. The number of fused-ring (bicyclic) bond motifs is 1. The highest BCUT2D eigenvalue weighted by Crippen LogP contribution is 2.18. The molecule has 0 unspecified atom stereocenters. The second-order valence-corrected chi connectivity index (χ2v) is 7.78. The Hall–Kier alpha value is -4.05. The number of piperazine rings is 1. The quantitative estimate of drug-likeness (QED) is 0.277. The summed E-state index contributed by atoms with van der Waals surface area (Å²) in [6.07, 6.45) is 2.10. The predicted molar refractivity (Wildman–Crippen MR) is 124 cm³/mol. The number of nitrogens with two attached hydrogens (primary N) is 2. The number of amidine groups is 1. The molecule has 0 radical (unpaired) electrons. The first-order chi connectivity index (χ1) is 15.9. The molecule has 10 nitrogen and oxygen atoms in total. The molecular weight excluding hydrogens is 422 g/mol. The van der Waals surface area contributed by atoms with E-state index in [9.17, 15) is 9.59 Å². The molecule has 33 heavy (non-hydrogen) atoms. The van der Waals surface area contributed by atoms with Crippen LogP contribution in [-0.2, 0) is 16.0 Å². The van der Waals surface area contributed by atoms with Gasteiger partial charge in [-0.25, -0.2) is 9.97 Å². The van der Waals surface area contributed by atoms with Crippen LogP contribution in [0.4, 0.5) is 5.82 Å². The van der Waals surface area contributed by atoms with Gasteiger partial charge in [-0.3, -0.25) is 15.0 Å². The van der Waals surface area contributed by atoms with E-state index in [2.05, 4.69) is 9.97 Å². The van der Waals surface area contributed by atoms with Gasteiger partial charge in [0.15, 0.2) is 0 Å². The minimum absolute atomic E-state index is 0.0156. The number of anilines is 1. The van der Waals surface area contributed by atoms with Crippen LogP contribution >= 0.6 is 0 Å². The number of nitrogens with zero attached hydrogens (tertiary/aromatic N) is 4. The van der Waals surface area contributed by atoms with Crippen LogP contribution in [0.2, 0.25) is 0 Å². The SMILES string of the molecule is N=C(N)c1cccc(C(=O)N2CCN(COCCc3ccc4c(N)ncnc4c3)C(=O)C2)c1. The van der Waals surface area contributed by atoms with Gasteiger partial charge in [-0.05, 0) is 36.2 Å². The van der Waals surface area contributed by atoms with Gasteiger partial charge in [0.05, 0.1) is 12.1 Å². The minimum Gasteiger partial charge on any atom is -0.384 e. The monoisotopic (exact) mass is 447 g/mol. The van der Waals surface area contributed by atoms with E-state index in [-0.39, 0.29) is 30.9 Å². The zero-order valence-corrected chi connectivity index (χ0v) is 18.0. The van der Waals surface area contributed by atoms with Crippen molar-refractivity contribution in [3.8, 4) is 0 Å². The van der Waals surface area contributed by atoms with Gasteiger partial charge in [-0.2, -0.15) is 0 Å². The number of ether oxygens (including phenoxy) is 1. The molecule has 1 aliphatic rings. The summed E-state index contributed by atoms with van der Waals surface area (Å²) in [6.45, 7) is 1.39. The minimum atomic E-state index is -0.257. The maximum absolute atomic E-state index is 12.8. The summed E-state index contributed by atoms with van der Waals surface area (Å²) >= 11 is 0. The Morgan fingerprint density at radius 3 is 2.73 bits per heavy atom. The highest BCUT2D eigenvalue weighted by atomic mass is 16.5. The first kappa shape index (κ1) is 22.2. The number of aromatic nitrogens is 2. The van der Waals surface area contributed by atoms with E-state index in [0.717, 1.165) is 16.5 Å². The van der Waals surface area contributed by atoms with Crippen LogP contribution in [-0.4, -0.2) is 70.4 Å². The third-order valence-electron chi connectivity index (χ3n) is 5.54. The smallest absolute Gasteiger partial charge is 0.254 e. The average molecular weight is 447 g/mol. The number of hydrogen-bond acceptors (Lipinski definition) is 7. The Labute approximate surface area is 190 Å². The molecule has 0 atom stereocenters. The van der Waals surface area contributed by atoms with E-state index in [4.69, 9.17) is 21.6 Å². The van der Waals surface area contributed by atoms with Gasteiger partial charge < -0.3 is 26.0 Å². The normalized spacial score (nSPS) is 14.0. The molecular formula is C23H25N7O3. The zero-order chi connectivity index (χ0) is 23.4. The summed E-state index contributed by atoms with van der Waals surface area (Å²) in [6, 6.07) is 12.4. The van der Waals surface area contributed by atoms with Crippen LogP contribution in [0.1, 0.15) is 21.5 Å². The Kier molecular flexibility index (Phi) is 6.45. The number of carbonyl (C=O) groups excluding carboxylic acids is 2. The largest absolute Gasteiger partial charge is 0.384 e. The summed E-state index contributed by atoms with van der Waals surface area (Å²) in [5.74, 6) is -0.0859. The third-order valence-corrected chi connectivity index (χ3v) is 5.54. The van der Waals surface area contributed by atoms with Crippen molar-refractivity contribution in [3.05, 3.63) is 65.5 Å². The number of carbonyl (C=O) groups is 2. The lowest BCUT2D eigenvalue weighted by Crippen LogP contribution is -2.52. The highest BCUT2D eigenvalue weighted by molar-refractivity contribution is 6.01. The van der Waals surface area contributed by atoms with E-state index in [1.807, 2.05) is 18.2 Å². The van der Waals surface area contributed by atoms with Gasteiger partial charge in [-0.1, -0.05) is 18.2 Å². The van der Waals surface area contributed by atoms with Gasteiger partial charge in [-0.15, -0.1) is 0 Å². The van der Waals surface area contributed by atoms with Gasteiger partial charge in [0, 0.05) is 29.6 Å². The Morgan fingerprint density at radius 1 is 1.12 bits per heavy atom. The van der Waals surface area contributed by atoms with Crippen molar-refractivity contribution in [2.45, 2.75) is 6.42 Å². The molecule has 10 heteroatoms. The molecule has 3 aromatic rings. The molecule has 1 saturated heterocycles. The van der Waals surface area contributed by atoms with E-state index in [1.165, 1.54) is 11.2 Å². The lowest BCUT2D eigenvalue weighted by Gasteiger charge is -2.34. The summed E-state index contributed by atoms with van der Waals surface area (Å²) in [5.41, 5.74) is 14.1. The standard InChI is InChI=1S/C23H25N7O3/c24-21(25)16-2-1-3-17(11-16)23(32)29-7-8-30(20(31)12-29)14-33-9-6-15-4-5-18-19(10-15)27-13-28-22(18)26/h1-5,10-11,13H,6-9,12,14H2,(H3,24,25)(H2,26,27,28). The number of benzene rings is 2. The van der Waals surface area contributed by atoms with Crippen LogP contribution < -0.4 is 11.5 Å². The maximum Gasteiger partial charge on any atom is 0.254 e. The predicted octanol–water partition coefficient (Wildman–Crippen LogP) is 0.997. The molecule has 4 rings (SSSR count). The maximum atomic E-state index is 12.8. The first-order valence-electron chi connectivity index (χ1n) is 10.5. The second-order valence-electron chi connectivity index (χ2n) is 7.78. The van der Waals surface area contributed by atoms with Crippen molar-refractivity contribution in [1.82, 2.24) is 19.8 Å². The lowest BCUT2D eigenvalue weighted by molar-refractivity contribution is -0.141. The average Bonchev–Trinajstić information content (AvgIpc) is 2.82.